The molecule has 8 heteroatoms. The number of nitrogens with zero attached hydrogens (tertiary/aromatic N) is 1. The summed E-state index contributed by atoms with van der Waals surface area (Å²) in [5.41, 5.74) is 2.70. The first-order valence-corrected chi connectivity index (χ1v) is 11.5. The summed E-state index contributed by atoms with van der Waals surface area (Å²) in [7, 11) is 1.58. The molecule has 0 fully saturated rings. The molecule has 0 aromatic heterocycles. The summed E-state index contributed by atoms with van der Waals surface area (Å²) in [6.45, 7) is 5.40. The number of nitrogens with one attached hydrogen (secondary N) is 2. The number of dihydropyridines is 1. The zero-order chi connectivity index (χ0) is 24.5. The lowest BCUT2D eigenvalue weighted by Crippen LogP contribution is -2.29. The lowest BCUT2D eigenvalue weighted by molar-refractivity contribution is -0.138. The van der Waals surface area contributed by atoms with Crippen molar-refractivity contribution in [2.24, 2.45) is 0 Å². The lowest BCUT2D eigenvalue weighted by atomic mass is 9.82. The van der Waals surface area contributed by atoms with Gasteiger partial charge in [-0.2, -0.15) is 5.26 Å². The smallest absolute Gasteiger partial charge is 0.337 e. The van der Waals surface area contributed by atoms with E-state index in [0.717, 1.165) is 5.56 Å². The third-order valence-electron chi connectivity index (χ3n) is 5.05. The largest absolute Gasteiger partial charge is 0.497 e. The molecular weight excluding hydrogens is 450 g/mol. The number of thioether (sulfide) groups is 1. The molecule has 1 aliphatic rings. The minimum atomic E-state index is -0.614. The normalized spacial score (nSPS) is 15.1. The SMILES string of the molecule is C=CCOC(=O)C1=C(C)NC(SCC(=O)Nc2ccc(OC)cc2)=C(C#N)[C@H]1c1ccccc1. The topological polar surface area (TPSA) is 100 Å². The van der Waals surface area contributed by atoms with Crippen LogP contribution < -0.4 is 15.4 Å². The molecule has 1 atom stereocenters. The first-order chi connectivity index (χ1) is 16.5. The maximum atomic E-state index is 12.9. The van der Waals surface area contributed by atoms with Gasteiger partial charge < -0.3 is 20.1 Å². The van der Waals surface area contributed by atoms with Gasteiger partial charge in [-0.05, 0) is 36.8 Å². The van der Waals surface area contributed by atoms with E-state index in [1.165, 1.54) is 17.8 Å². The van der Waals surface area contributed by atoms with Gasteiger partial charge in [0.05, 0.1) is 41.0 Å². The molecule has 2 aromatic rings. The Hall–Kier alpha value is -3.96. The van der Waals surface area contributed by atoms with E-state index in [2.05, 4.69) is 23.3 Å². The van der Waals surface area contributed by atoms with Gasteiger partial charge in [0.15, 0.2) is 0 Å². The number of amides is 1. The first-order valence-electron chi connectivity index (χ1n) is 10.5. The molecule has 7 nitrogen and oxygen atoms in total. The average Bonchev–Trinajstić information content (AvgIpc) is 2.86. The van der Waals surface area contributed by atoms with E-state index < -0.39 is 11.9 Å². The molecular formula is C26H25N3O4S. The van der Waals surface area contributed by atoms with E-state index in [0.29, 0.717) is 33.3 Å². The van der Waals surface area contributed by atoms with Gasteiger partial charge >= 0.3 is 5.97 Å². The number of anilines is 1. The van der Waals surface area contributed by atoms with Crippen LogP contribution in [0.3, 0.4) is 0 Å². The number of esters is 1. The second-order valence-corrected chi connectivity index (χ2v) is 8.30. The fraction of sp³-hybridized carbons (Fsp3) is 0.192. The molecule has 0 saturated carbocycles. The number of rotatable bonds is 9. The Balaban J connectivity index is 1.84. The molecule has 0 unspecified atom stereocenters. The van der Waals surface area contributed by atoms with E-state index in [9.17, 15) is 14.9 Å². The average molecular weight is 476 g/mol. The highest BCUT2D eigenvalue weighted by Gasteiger charge is 2.35. The summed E-state index contributed by atoms with van der Waals surface area (Å²) in [5, 5.41) is 16.5. The Kier molecular flexibility index (Phi) is 8.54. The Morgan fingerprint density at radius 2 is 1.91 bits per heavy atom. The number of carbonyl (C=O) groups excluding carboxylic acids is 2. The van der Waals surface area contributed by atoms with Crippen molar-refractivity contribution < 1.29 is 19.1 Å². The van der Waals surface area contributed by atoms with Crippen molar-refractivity contribution >= 4 is 29.3 Å². The number of carbonyl (C=O) groups is 2. The maximum absolute atomic E-state index is 12.9. The summed E-state index contributed by atoms with van der Waals surface area (Å²) in [6.07, 6.45) is 1.49. The molecule has 2 N–H and O–H groups in total. The Morgan fingerprint density at radius 1 is 1.21 bits per heavy atom. The molecule has 34 heavy (non-hydrogen) atoms. The van der Waals surface area contributed by atoms with Gasteiger partial charge in [-0.3, -0.25) is 4.79 Å². The monoisotopic (exact) mass is 475 g/mol. The first kappa shape index (κ1) is 24.7. The molecule has 0 radical (unpaired) electrons. The molecule has 0 aliphatic carbocycles. The van der Waals surface area contributed by atoms with Gasteiger partial charge in [0.2, 0.25) is 5.91 Å². The fourth-order valence-corrected chi connectivity index (χ4v) is 4.39. The Labute approximate surface area is 203 Å². The molecule has 0 bridgehead atoms. The standard InChI is InChI=1S/C26H25N3O4S/c1-4-14-33-26(31)23-17(2)28-25(21(15-27)24(23)18-8-6-5-7-9-18)34-16-22(30)29-19-10-12-20(32-3)13-11-19/h4-13,24,28H,1,14,16H2,2-3H3,(H,29,30)/t24-/m1/s1. The number of methoxy groups -OCH3 is 1. The zero-order valence-corrected chi connectivity index (χ0v) is 19.8. The molecule has 174 valence electrons. The molecule has 1 aliphatic heterocycles. The van der Waals surface area contributed by atoms with Crippen molar-refractivity contribution in [2.45, 2.75) is 12.8 Å². The number of allylic oxidation sites excluding steroid dienone is 2. The summed E-state index contributed by atoms with van der Waals surface area (Å²) in [6, 6.07) is 18.5. The van der Waals surface area contributed by atoms with Crippen molar-refractivity contribution in [3.05, 3.63) is 94.7 Å². The van der Waals surface area contributed by atoms with Gasteiger partial charge in [0.1, 0.15) is 12.4 Å². The summed E-state index contributed by atoms with van der Waals surface area (Å²) in [5.74, 6) is -0.593. The van der Waals surface area contributed by atoms with Crippen LogP contribution in [0.15, 0.2) is 89.1 Å². The summed E-state index contributed by atoms with van der Waals surface area (Å²) >= 11 is 1.21. The van der Waals surface area contributed by atoms with Crippen molar-refractivity contribution in [3.8, 4) is 11.8 Å². The highest BCUT2D eigenvalue weighted by Crippen LogP contribution is 2.40. The van der Waals surface area contributed by atoms with Crippen LogP contribution in [-0.2, 0) is 14.3 Å². The molecule has 2 aromatic carbocycles. The minimum Gasteiger partial charge on any atom is -0.497 e. The quantitative estimate of drug-likeness (QED) is 0.407. The Bertz CT molecular complexity index is 1160. The second-order valence-electron chi connectivity index (χ2n) is 7.31. The van der Waals surface area contributed by atoms with Crippen LogP contribution in [0.4, 0.5) is 5.69 Å². The number of nitriles is 1. The second kappa shape index (κ2) is 11.8. The number of ether oxygens (including phenoxy) is 2. The zero-order valence-electron chi connectivity index (χ0n) is 19.0. The van der Waals surface area contributed by atoms with Gasteiger partial charge in [-0.25, -0.2) is 4.79 Å². The highest BCUT2D eigenvalue weighted by atomic mass is 32.2. The molecule has 1 amide bonds. The number of hydrogen-bond acceptors (Lipinski definition) is 7. The van der Waals surface area contributed by atoms with Crippen LogP contribution in [0.25, 0.3) is 0 Å². The van der Waals surface area contributed by atoms with E-state index in [1.807, 2.05) is 30.3 Å². The van der Waals surface area contributed by atoms with Crippen LogP contribution in [-0.4, -0.2) is 31.3 Å². The predicted octanol–water partition coefficient (Wildman–Crippen LogP) is 4.49. The van der Waals surface area contributed by atoms with Crippen molar-refractivity contribution in [1.82, 2.24) is 5.32 Å². The number of benzene rings is 2. The van der Waals surface area contributed by atoms with Crippen LogP contribution in [0.5, 0.6) is 5.75 Å². The molecule has 3 rings (SSSR count). The summed E-state index contributed by atoms with van der Waals surface area (Å²) in [4.78, 5) is 25.4. The van der Waals surface area contributed by atoms with Crippen molar-refractivity contribution in [2.75, 3.05) is 24.8 Å². The van der Waals surface area contributed by atoms with Crippen LogP contribution in [0.1, 0.15) is 18.4 Å². The molecule has 0 spiro atoms. The van der Waals surface area contributed by atoms with Crippen LogP contribution in [0.2, 0.25) is 0 Å². The van der Waals surface area contributed by atoms with Crippen molar-refractivity contribution in [1.29, 1.82) is 5.26 Å². The predicted molar refractivity (Wildman–Crippen MR) is 133 cm³/mol. The number of hydrogen-bond donors (Lipinski definition) is 2. The van der Waals surface area contributed by atoms with E-state index in [1.54, 1.807) is 38.3 Å². The Morgan fingerprint density at radius 3 is 2.53 bits per heavy atom. The third kappa shape index (κ3) is 5.88. The van der Waals surface area contributed by atoms with Gasteiger partial charge in [-0.15, -0.1) is 0 Å². The third-order valence-corrected chi connectivity index (χ3v) is 6.07. The van der Waals surface area contributed by atoms with Gasteiger partial charge in [-0.1, -0.05) is 54.7 Å². The highest BCUT2D eigenvalue weighted by molar-refractivity contribution is 8.03. The van der Waals surface area contributed by atoms with Crippen molar-refractivity contribution in [3.63, 3.8) is 0 Å². The summed E-state index contributed by atoms with van der Waals surface area (Å²) < 4.78 is 10.4. The van der Waals surface area contributed by atoms with E-state index >= 15 is 0 Å². The van der Waals surface area contributed by atoms with E-state index in [4.69, 9.17) is 9.47 Å². The van der Waals surface area contributed by atoms with Gasteiger partial charge in [0.25, 0.3) is 0 Å². The molecule has 1 heterocycles. The van der Waals surface area contributed by atoms with Crippen LogP contribution in [0, 0.1) is 11.3 Å². The van der Waals surface area contributed by atoms with Crippen LogP contribution >= 0.6 is 11.8 Å². The molecule has 0 saturated heterocycles. The fourth-order valence-electron chi connectivity index (χ4n) is 3.50. The maximum Gasteiger partial charge on any atom is 0.337 e. The minimum absolute atomic E-state index is 0.0653. The van der Waals surface area contributed by atoms with Gasteiger partial charge in [0, 0.05) is 11.4 Å². The van der Waals surface area contributed by atoms with E-state index in [-0.39, 0.29) is 18.3 Å². The lowest BCUT2D eigenvalue weighted by Gasteiger charge is -2.29.